The van der Waals surface area contributed by atoms with Crippen molar-refractivity contribution in [2.45, 2.75) is 520 Å². The largest absolute Gasteiger partial charge is 0.381 e. The highest BCUT2D eigenvalue weighted by atomic mass is 35.5. The SMILES string of the molecule is [B]C(O[C@H](CC)[C@@H](C)OP(OCC[N+]#[C-])N(C(C)C)C(C)C)[C@H](C)Cl.[B]C(O[C@H](CC)[C@@H](C)OP(OCC[N+]#[C-])N(C(C)C)C(C)C)[C@H](C)F.[B]C(O[C@H](CC)[C@H](C)OP(OCC[N+]#[C-])N(C(C)C)C(C)C)[C@@H](C)Cl.[B]C(O[C@H](CC)[C@H](C)OP(OCC[N+]#[C-])N(C(C)C)C(C)C)[C@@H](C)F.[B]C(O[C@](F)(CC)COP(OCC[N+]#[C-])N(C(C)C)C(C)C)[C@@H](C)F.[B]C(O[C@](F)(CC)COP(OCC[N+]#[C-])N(C(C)C)C(C)C)[C@H](C)F. The van der Waals surface area contributed by atoms with Crippen molar-refractivity contribution in [1.29, 1.82) is 0 Å². The van der Waals surface area contributed by atoms with Crippen LogP contribution >= 0.6 is 74.4 Å². The van der Waals surface area contributed by atoms with Crippen molar-refractivity contribution in [1.82, 2.24) is 28.0 Å². The molecule has 0 spiro atoms. The lowest BCUT2D eigenvalue weighted by Gasteiger charge is -2.38. The van der Waals surface area contributed by atoms with Gasteiger partial charge in [0.15, 0.2) is 0 Å². The average molecular weight is 2290 g/mol. The third-order valence-corrected chi connectivity index (χ3v) is 34.7. The molecule has 12 unspecified atom stereocenters. The second kappa shape index (κ2) is 91.6. The van der Waals surface area contributed by atoms with E-state index in [1.807, 2.05) is 134 Å². The van der Waals surface area contributed by atoms with Crippen LogP contribution in [0.5, 0.6) is 0 Å². The van der Waals surface area contributed by atoms with Crippen LogP contribution in [-0.2, 0) is 82.7 Å². The van der Waals surface area contributed by atoms with Crippen molar-refractivity contribution in [2.75, 3.05) is 92.1 Å². The first-order chi connectivity index (χ1) is 69.7. The van der Waals surface area contributed by atoms with Gasteiger partial charge in [0.2, 0.25) is 51.0 Å². The smallest absolute Gasteiger partial charge is 0.259 e. The van der Waals surface area contributed by atoms with Crippen molar-refractivity contribution >= 4 is 121 Å². The normalized spacial score (nSPS) is 18.2. The van der Waals surface area contributed by atoms with Crippen LogP contribution in [0.3, 0.4) is 0 Å². The number of alkyl halides is 8. The average Bonchev–Trinajstić information content (AvgIpc) is 0.873. The summed E-state index contributed by atoms with van der Waals surface area (Å²) in [6.45, 7) is 121. The molecule has 0 aliphatic rings. The Morgan fingerprint density at radius 2 is 0.407 bits per heavy atom. The molecular formula is C100H192B6Cl2F6N12O18P6. The Labute approximate surface area is 933 Å². The van der Waals surface area contributed by atoms with E-state index in [-0.39, 0.29) is 171 Å². The lowest BCUT2D eigenvalue weighted by Crippen LogP contribution is -2.41. The van der Waals surface area contributed by atoms with Crippen LogP contribution in [0.25, 0.3) is 29.1 Å². The Morgan fingerprint density at radius 3 is 0.540 bits per heavy atom. The number of rotatable bonds is 78. The van der Waals surface area contributed by atoms with Gasteiger partial charge >= 0.3 is 0 Å². The molecule has 0 fully saturated rings. The van der Waals surface area contributed by atoms with Crippen LogP contribution in [0.2, 0.25) is 0 Å². The summed E-state index contributed by atoms with van der Waals surface area (Å²) < 4.78 is 200. The highest BCUT2D eigenvalue weighted by Gasteiger charge is 2.43. The monoisotopic (exact) mass is 2290 g/mol. The van der Waals surface area contributed by atoms with Gasteiger partial charge in [0.05, 0.1) is 60.8 Å². The third kappa shape index (κ3) is 71.8. The molecule has 0 saturated heterocycles. The van der Waals surface area contributed by atoms with Crippen LogP contribution in [0.1, 0.15) is 315 Å². The Morgan fingerprint density at radius 1 is 0.253 bits per heavy atom. The fourth-order valence-corrected chi connectivity index (χ4v) is 23.7. The molecule has 0 aromatic carbocycles. The predicted molar refractivity (Wildman–Crippen MR) is 614 cm³/mol. The summed E-state index contributed by atoms with van der Waals surface area (Å²) in [6.07, 6.45) is -4.80. The van der Waals surface area contributed by atoms with Crippen molar-refractivity contribution in [3.05, 3.63) is 68.5 Å². The number of ether oxygens (including phenoxy) is 6. The minimum atomic E-state index is -2.21. The zero-order chi connectivity index (χ0) is 118. The zero-order valence-electron chi connectivity index (χ0n) is 98.5. The Balaban J connectivity index is -0.000000415. The number of halogens is 8. The first-order valence-electron chi connectivity index (χ1n) is 52.7. The molecule has 0 saturated carbocycles. The quantitative estimate of drug-likeness (QED) is 0.0138. The highest BCUT2D eigenvalue weighted by Crippen LogP contribution is 2.54. The molecule has 0 aliphatic heterocycles. The van der Waals surface area contributed by atoms with Gasteiger partial charge in [-0.25, -0.2) is 93.8 Å². The molecule has 864 valence electrons. The molecule has 150 heavy (non-hydrogen) atoms. The van der Waals surface area contributed by atoms with E-state index in [9.17, 15) is 26.3 Å². The van der Waals surface area contributed by atoms with E-state index < -0.39 is 137 Å². The minimum Gasteiger partial charge on any atom is -0.381 e. The lowest BCUT2D eigenvalue weighted by molar-refractivity contribution is -0.189. The van der Waals surface area contributed by atoms with E-state index in [1.54, 1.807) is 13.8 Å². The van der Waals surface area contributed by atoms with Gasteiger partial charge in [-0.1, -0.05) is 41.5 Å². The number of hydrogen-bond acceptors (Lipinski definition) is 24. The first-order valence-corrected chi connectivity index (χ1v) is 60.3. The zero-order valence-corrected chi connectivity index (χ0v) is 105. The summed E-state index contributed by atoms with van der Waals surface area (Å²) in [6, 6.07) is -3.43. The van der Waals surface area contributed by atoms with Crippen molar-refractivity contribution in [3.63, 3.8) is 0 Å². The maximum atomic E-state index is 14.8. The molecular weight excluding hydrogens is 2090 g/mol. The van der Waals surface area contributed by atoms with E-state index in [0.717, 1.165) is 12.8 Å². The Hall–Kier alpha value is -0.890. The van der Waals surface area contributed by atoms with Gasteiger partial charge in [0.25, 0.3) is 51.2 Å². The van der Waals surface area contributed by atoms with Crippen molar-refractivity contribution < 1.29 is 109 Å². The maximum Gasteiger partial charge on any atom is 0.259 e. The van der Waals surface area contributed by atoms with Gasteiger partial charge in [0, 0.05) is 120 Å². The Kier molecular flexibility index (Phi) is 97.5. The van der Waals surface area contributed by atoms with Crippen molar-refractivity contribution in [2.24, 2.45) is 0 Å². The topological polar surface area (TPSA) is 212 Å². The number of nitrogens with zero attached hydrogens (tertiary/aromatic N) is 12. The summed E-state index contributed by atoms with van der Waals surface area (Å²) in [5.41, 5.74) is 0. The standard InChI is InChI=1S/2C17H33BClN2O3P.2C17H33BFN2O3P.2C16H30BF2N2O3P/c4*1-9-16(23-17(18)14(6)19)15(7)24-25(22-11-10-20-8)21(12(2)3)13(4)5;2*1-8-16(19,24-15(17)14(6)18)11-23-25(22-10-9-20-7)21(12(2)3)13(4)5/h4*12-17H,9-11H2,1-7H3;2*12-15H,8-11H2,1-6H3/t14-,15+,16+,17?,25?;14-,15+,16-,17?,25?;14-,15+,16+,17?,25?;14-,15+,16-,17?,25?;14-,15?,16+,25?;14-,15?,16-,25?/m010101/s1. The highest BCUT2D eigenvalue weighted by molar-refractivity contribution is 7.46. The van der Waals surface area contributed by atoms with E-state index in [1.165, 1.54) is 27.7 Å². The Bertz CT molecular complexity index is 3140. The van der Waals surface area contributed by atoms with Crippen molar-refractivity contribution in [3.8, 4) is 0 Å². The summed E-state index contributed by atoms with van der Waals surface area (Å²) in [7, 11) is 25.7. The van der Waals surface area contributed by atoms with Gasteiger partial charge in [-0.2, -0.15) is 0 Å². The summed E-state index contributed by atoms with van der Waals surface area (Å²) in [5.74, 6) is -4.41. The van der Waals surface area contributed by atoms with E-state index in [0.29, 0.717) is 65.4 Å². The molecule has 28 atom stereocenters. The minimum absolute atomic E-state index is 0.0397. The van der Waals surface area contributed by atoms with Crippen LogP contribution in [0, 0.1) is 39.4 Å². The van der Waals surface area contributed by atoms with Crippen LogP contribution in [0.15, 0.2) is 0 Å². The van der Waals surface area contributed by atoms with Gasteiger partial charge in [-0.05, 0) is 261 Å². The molecule has 0 aromatic rings. The van der Waals surface area contributed by atoms with Gasteiger partial charge < -0.3 is 112 Å². The van der Waals surface area contributed by atoms with Gasteiger partial charge in [-0.3, -0.25) is 0 Å². The molecule has 0 amide bonds. The van der Waals surface area contributed by atoms with Crippen LogP contribution in [0.4, 0.5) is 26.3 Å². The van der Waals surface area contributed by atoms with Gasteiger partial charge in [0.1, 0.15) is 125 Å². The molecule has 0 N–H and O–H groups in total. The molecule has 0 aliphatic carbocycles. The molecule has 50 heteroatoms. The van der Waals surface area contributed by atoms with E-state index >= 15 is 0 Å². The molecule has 30 nitrogen and oxygen atoms in total. The predicted octanol–water partition coefficient (Wildman–Crippen LogP) is 26.3. The molecule has 0 heterocycles. The molecule has 0 bridgehead atoms. The molecule has 0 rings (SSSR count). The fourth-order valence-electron chi connectivity index (χ4n) is 13.4. The van der Waals surface area contributed by atoms with E-state index in [2.05, 4.69) is 159 Å². The summed E-state index contributed by atoms with van der Waals surface area (Å²) >= 11 is 12.0. The number of hydrogen-bond donors (Lipinski definition) is 0. The fraction of sp³-hybridized carbons (Fsp3) is 0.940. The van der Waals surface area contributed by atoms with E-state index in [4.69, 9.17) is 192 Å². The van der Waals surface area contributed by atoms with Crippen LogP contribution in [-0.4, -0.2) is 372 Å². The van der Waals surface area contributed by atoms with Crippen LogP contribution < -0.4 is 0 Å². The summed E-state index contributed by atoms with van der Waals surface area (Å²) in [4.78, 5) is 19.8. The lowest BCUT2D eigenvalue weighted by atomic mass is 9.95. The maximum absolute atomic E-state index is 14.8. The second-order valence-corrected chi connectivity index (χ2v) is 48.7. The molecule has 0 aromatic heterocycles. The second-order valence-electron chi connectivity index (χ2n) is 38.8. The first kappa shape index (κ1) is 160. The summed E-state index contributed by atoms with van der Waals surface area (Å²) in [5, 5.41) is -0.555. The van der Waals surface area contributed by atoms with Gasteiger partial charge in [-0.15, -0.1) is 23.2 Å². The third-order valence-electron chi connectivity index (χ3n) is 21.2. The molecule has 12 radical (unpaired) electrons.